The molecule has 1 aliphatic carbocycles. The lowest BCUT2D eigenvalue weighted by Gasteiger charge is -2.24. The van der Waals surface area contributed by atoms with Gasteiger partial charge in [-0.3, -0.25) is 0 Å². The zero-order valence-electron chi connectivity index (χ0n) is 11.7. The SMILES string of the molecule is CS(=O)(=O)c1ccc(C2=CC(C(F)(F)F)C(C(F)(F)F)C2)cc1. The highest BCUT2D eigenvalue weighted by molar-refractivity contribution is 7.90. The molecule has 0 heterocycles. The van der Waals surface area contributed by atoms with Crippen molar-refractivity contribution >= 4 is 15.4 Å². The van der Waals surface area contributed by atoms with Gasteiger partial charge in [-0.15, -0.1) is 0 Å². The molecule has 1 aliphatic rings. The Hall–Kier alpha value is -1.51. The van der Waals surface area contributed by atoms with Crippen molar-refractivity contribution in [3.05, 3.63) is 35.9 Å². The molecule has 23 heavy (non-hydrogen) atoms. The molecule has 2 rings (SSSR count). The maximum absolute atomic E-state index is 12.8. The van der Waals surface area contributed by atoms with E-state index in [4.69, 9.17) is 0 Å². The van der Waals surface area contributed by atoms with Gasteiger partial charge in [0.15, 0.2) is 9.84 Å². The molecule has 0 bridgehead atoms. The lowest BCUT2D eigenvalue weighted by atomic mass is 9.93. The molecule has 0 spiro atoms. The fraction of sp³-hybridized carbons (Fsp3) is 0.429. The van der Waals surface area contributed by atoms with E-state index in [-0.39, 0.29) is 16.0 Å². The molecule has 0 saturated heterocycles. The van der Waals surface area contributed by atoms with E-state index in [1.165, 1.54) is 12.1 Å². The van der Waals surface area contributed by atoms with E-state index in [1.807, 2.05) is 0 Å². The first-order valence-corrected chi connectivity index (χ1v) is 8.34. The Morgan fingerprint density at radius 3 is 1.83 bits per heavy atom. The van der Waals surface area contributed by atoms with Crippen LogP contribution in [0.4, 0.5) is 26.3 Å². The minimum atomic E-state index is -4.99. The summed E-state index contributed by atoms with van der Waals surface area (Å²) >= 11 is 0. The predicted octanol–water partition coefficient (Wildman–Crippen LogP) is 4.23. The third kappa shape index (κ3) is 3.88. The summed E-state index contributed by atoms with van der Waals surface area (Å²) in [5.74, 6) is -5.11. The fourth-order valence-corrected chi connectivity index (χ4v) is 3.17. The molecule has 0 fully saturated rings. The van der Waals surface area contributed by atoms with E-state index in [0.717, 1.165) is 18.4 Å². The molecule has 1 aromatic rings. The molecule has 0 saturated carbocycles. The standard InChI is InChI=1S/C14H12F6O2S/c1-23(21,22)10-4-2-8(3-5-10)9-6-11(13(15,16)17)12(7-9)14(18,19)20/h2-6,11-12H,7H2,1H3. The Morgan fingerprint density at radius 1 is 0.957 bits per heavy atom. The van der Waals surface area contributed by atoms with Gasteiger partial charge in [0.2, 0.25) is 0 Å². The molecule has 0 N–H and O–H groups in total. The largest absolute Gasteiger partial charge is 0.395 e. The van der Waals surface area contributed by atoms with Crippen molar-refractivity contribution in [2.45, 2.75) is 23.7 Å². The molecular formula is C14H12F6O2S. The molecule has 2 nitrogen and oxygen atoms in total. The zero-order chi connectivity index (χ0) is 17.6. The number of hydrogen-bond donors (Lipinski definition) is 0. The van der Waals surface area contributed by atoms with Crippen LogP contribution in [0.3, 0.4) is 0 Å². The van der Waals surface area contributed by atoms with Crippen molar-refractivity contribution in [2.24, 2.45) is 11.8 Å². The summed E-state index contributed by atoms with van der Waals surface area (Å²) in [7, 11) is -3.49. The Labute approximate surface area is 128 Å². The lowest BCUT2D eigenvalue weighted by Crippen LogP contribution is -2.35. The smallest absolute Gasteiger partial charge is 0.224 e. The molecule has 0 amide bonds. The van der Waals surface area contributed by atoms with Crippen molar-refractivity contribution in [3.8, 4) is 0 Å². The Kier molecular flexibility index (Phi) is 4.29. The molecule has 0 radical (unpaired) electrons. The highest BCUT2D eigenvalue weighted by Crippen LogP contribution is 2.50. The first-order valence-electron chi connectivity index (χ1n) is 6.45. The van der Waals surface area contributed by atoms with Crippen LogP contribution in [0, 0.1) is 11.8 Å². The number of halogens is 6. The predicted molar refractivity (Wildman–Crippen MR) is 71.2 cm³/mol. The van der Waals surface area contributed by atoms with Gasteiger partial charge >= 0.3 is 12.4 Å². The van der Waals surface area contributed by atoms with E-state index in [9.17, 15) is 34.8 Å². The average Bonchev–Trinajstić information content (AvgIpc) is 2.82. The molecule has 2 atom stereocenters. The quantitative estimate of drug-likeness (QED) is 0.742. The van der Waals surface area contributed by atoms with E-state index in [0.29, 0.717) is 6.08 Å². The molecule has 9 heteroatoms. The van der Waals surface area contributed by atoms with Gasteiger partial charge in [-0.1, -0.05) is 18.2 Å². The number of allylic oxidation sites excluding steroid dienone is 2. The van der Waals surface area contributed by atoms with Crippen molar-refractivity contribution in [1.82, 2.24) is 0 Å². The Bertz CT molecular complexity index is 713. The summed E-state index contributed by atoms with van der Waals surface area (Å²) in [4.78, 5) is -0.0559. The van der Waals surface area contributed by atoms with Gasteiger partial charge in [-0.2, -0.15) is 26.3 Å². The van der Waals surface area contributed by atoms with Crippen LogP contribution in [-0.2, 0) is 9.84 Å². The van der Waals surface area contributed by atoms with E-state index >= 15 is 0 Å². The van der Waals surface area contributed by atoms with Crippen LogP contribution in [0.1, 0.15) is 12.0 Å². The minimum absolute atomic E-state index is 0.0559. The second kappa shape index (κ2) is 5.54. The van der Waals surface area contributed by atoms with Crippen molar-refractivity contribution in [2.75, 3.05) is 6.26 Å². The van der Waals surface area contributed by atoms with Crippen LogP contribution in [0.5, 0.6) is 0 Å². The lowest BCUT2D eigenvalue weighted by molar-refractivity contribution is -0.237. The summed E-state index contributed by atoms with van der Waals surface area (Å²) in [5, 5.41) is 0. The van der Waals surface area contributed by atoms with Gasteiger partial charge in [0.25, 0.3) is 0 Å². The number of sulfone groups is 1. The summed E-state index contributed by atoms with van der Waals surface area (Å²) < 4.78 is 99.6. The highest BCUT2D eigenvalue weighted by atomic mass is 32.2. The van der Waals surface area contributed by atoms with E-state index in [1.54, 1.807) is 0 Å². The number of rotatable bonds is 2. The maximum Gasteiger partial charge on any atom is 0.395 e. The zero-order valence-corrected chi connectivity index (χ0v) is 12.6. The molecular weight excluding hydrogens is 346 g/mol. The van der Waals surface area contributed by atoms with Crippen LogP contribution in [0.15, 0.2) is 35.2 Å². The fourth-order valence-electron chi connectivity index (χ4n) is 2.54. The number of alkyl halides is 6. The van der Waals surface area contributed by atoms with E-state index in [2.05, 4.69) is 0 Å². The summed E-state index contributed by atoms with van der Waals surface area (Å²) in [6.07, 6.45) is -9.21. The van der Waals surface area contributed by atoms with Crippen LogP contribution in [0.25, 0.3) is 5.57 Å². The number of hydrogen-bond acceptors (Lipinski definition) is 2. The third-order valence-corrected chi connectivity index (χ3v) is 4.83. The monoisotopic (exact) mass is 358 g/mol. The van der Waals surface area contributed by atoms with Crippen molar-refractivity contribution in [3.63, 3.8) is 0 Å². The first-order chi connectivity index (χ1) is 10.3. The third-order valence-electron chi connectivity index (χ3n) is 3.71. The first kappa shape index (κ1) is 17.8. The summed E-state index contributed by atoms with van der Waals surface area (Å²) in [5.41, 5.74) is 0.0631. The van der Waals surface area contributed by atoms with Crippen LogP contribution >= 0.6 is 0 Å². The van der Waals surface area contributed by atoms with Gasteiger partial charge in [0.1, 0.15) is 0 Å². The van der Waals surface area contributed by atoms with Crippen molar-refractivity contribution < 1.29 is 34.8 Å². The average molecular weight is 358 g/mol. The molecule has 0 aliphatic heterocycles. The van der Waals surface area contributed by atoms with Gasteiger partial charge in [-0.05, 0) is 29.7 Å². The summed E-state index contributed by atoms with van der Waals surface area (Å²) in [6, 6.07) is 4.76. The topological polar surface area (TPSA) is 34.1 Å². The summed E-state index contributed by atoms with van der Waals surface area (Å²) in [6.45, 7) is 0. The van der Waals surface area contributed by atoms with Crippen LogP contribution in [-0.4, -0.2) is 27.0 Å². The van der Waals surface area contributed by atoms with E-state index < -0.39 is 40.4 Å². The van der Waals surface area contributed by atoms with Crippen LogP contribution in [0.2, 0.25) is 0 Å². The van der Waals surface area contributed by atoms with Crippen molar-refractivity contribution in [1.29, 1.82) is 0 Å². The highest BCUT2D eigenvalue weighted by Gasteiger charge is 2.56. The minimum Gasteiger partial charge on any atom is -0.224 e. The van der Waals surface area contributed by atoms with Gasteiger partial charge in [0.05, 0.1) is 16.7 Å². The van der Waals surface area contributed by atoms with Gasteiger partial charge < -0.3 is 0 Å². The number of benzene rings is 1. The van der Waals surface area contributed by atoms with Gasteiger partial charge in [-0.25, -0.2) is 8.42 Å². The molecule has 128 valence electrons. The maximum atomic E-state index is 12.8. The van der Waals surface area contributed by atoms with Gasteiger partial charge in [0, 0.05) is 6.26 Å². The Morgan fingerprint density at radius 2 is 1.48 bits per heavy atom. The molecule has 1 aromatic carbocycles. The Balaban J connectivity index is 2.37. The molecule has 0 aromatic heterocycles. The second-order valence-electron chi connectivity index (χ2n) is 5.41. The molecule has 2 unspecified atom stereocenters. The normalized spacial score (nSPS) is 23.0. The second-order valence-corrected chi connectivity index (χ2v) is 7.42. The van der Waals surface area contributed by atoms with Crippen LogP contribution < -0.4 is 0 Å².